The van der Waals surface area contributed by atoms with Crippen molar-refractivity contribution in [2.24, 2.45) is 5.73 Å². The summed E-state index contributed by atoms with van der Waals surface area (Å²) in [6.07, 6.45) is 52.8. The lowest BCUT2D eigenvalue weighted by atomic mass is 10.0. The molecular weight excluding hydrogens is 506 g/mol. The highest BCUT2D eigenvalue weighted by atomic mass is 35.5. The predicted octanol–water partition coefficient (Wildman–Crippen LogP) is 14.4. The van der Waals surface area contributed by atoms with Gasteiger partial charge in [-0.15, -0.1) is 12.4 Å². The van der Waals surface area contributed by atoms with Crippen LogP contribution in [0.5, 0.6) is 0 Å². The molecule has 0 bridgehead atoms. The number of unbranched alkanes of at least 4 members (excludes halogenated alkanes) is 35. The first kappa shape index (κ1) is 42.4. The number of halogens is 1. The van der Waals surface area contributed by atoms with Crippen molar-refractivity contribution in [3.05, 3.63) is 0 Å². The number of hydrogen-bond donors (Lipinski definition) is 1. The van der Waals surface area contributed by atoms with Gasteiger partial charge in [0, 0.05) is 0 Å². The molecule has 244 valence electrons. The molecule has 0 aromatic carbocycles. The summed E-state index contributed by atoms with van der Waals surface area (Å²) in [6, 6.07) is 0. The number of hydrogen-bond acceptors (Lipinski definition) is 1. The fourth-order valence-electron chi connectivity index (χ4n) is 6.23. The molecule has 0 aromatic heterocycles. The second kappa shape index (κ2) is 41.4. The third-order valence-electron chi connectivity index (χ3n) is 9.06. The van der Waals surface area contributed by atoms with Gasteiger partial charge in [-0.3, -0.25) is 0 Å². The lowest BCUT2D eigenvalue weighted by molar-refractivity contribution is 0.510. The minimum absolute atomic E-state index is 0. The maximum Gasteiger partial charge on any atom is -0.00773 e. The van der Waals surface area contributed by atoms with Gasteiger partial charge in [0.1, 0.15) is 0 Å². The number of nitrogens with two attached hydrogens (primary N) is 1. The van der Waals surface area contributed by atoms with Crippen molar-refractivity contribution in [3.63, 3.8) is 0 Å². The summed E-state index contributed by atoms with van der Waals surface area (Å²) in [5.41, 5.74) is 5.55. The Morgan fingerprint density at radius 1 is 0.225 bits per heavy atom. The van der Waals surface area contributed by atoms with Crippen LogP contribution in [0.3, 0.4) is 0 Å². The molecule has 0 saturated carbocycles. The van der Waals surface area contributed by atoms with E-state index in [1.807, 2.05) is 0 Å². The monoisotopic (exact) mass is 586 g/mol. The Hall–Kier alpha value is 0.250. The number of rotatable bonds is 36. The van der Waals surface area contributed by atoms with Crippen LogP contribution in [0, 0.1) is 0 Å². The van der Waals surface area contributed by atoms with Crippen LogP contribution in [0.1, 0.15) is 238 Å². The van der Waals surface area contributed by atoms with Crippen LogP contribution in [-0.2, 0) is 0 Å². The topological polar surface area (TPSA) is 26.0 Å². The fraction of sp³-hybridized carbons (Fsp3) is 1.00. The zero-order valence-corrected chi connectivity index (χ0v) is 29.0. The highest BCUT2D eigenvalue weighted by molar-refractivity contribution is 5.85. The lowest BCUT2D eigenvalue weighted by Crippen LogP contribution is -1.97. The molecule has 0 spiro atoms. The van der Waals surface area contributed by atoms with Gasteiger partial charge in [-0.2, -0.15) is 0 Å². The molecule has 0 radical (unpaired) electrons. The molecule has 0 rings (SSSR count). The van der Waals surface area contributed by atoms with Crippen molar-refractivity contribution >= 4 is 12.4 Å². The van der Waals surface area contributed by atoms with E-state index in [0.29, 0.717) is 0 Å². The van der Waals surface area contributed by atoms with Crippen LogP contribution in [0.2, 0.25) is 0 Å². The molecule has 0 aliphatic rings. The summed E-state index contributed by atoms with van der Waals surface area (Å²) in [6.45, 7) is 3.18. The van der Waals surface area contributed by atoms with E-state index < -0.39 is 0 Å². The highest BCUT2D eigenvalue weighted by Gasteiger charge is 1.97. The van der Waals surface area contributed by atoms with Gasteiger partial charge in [-0.05, 0) is 13.0 Å². The summed E-state index contributed by atoms with van der Waals surface area (Å²) in [4.78, 5) is 0. The minimum Gasteiger partial charge on any atom is -0.330 e. The van der Waals surface area contributed by atoms with Crippen LogP contribution in [0.25, 0.3) is 0 Å². The largest absolute Gasteiger partial charge is 0.330 e. The van der Waals surface area contributed by atoms with Gasteiger partial charge in [-0.1, -0.05) is 232 Å². The Bertz CT molecular complexity index is 363. The van der Waals surface area contributed by atoms with Gasteiger partial charge in [0.05, 0.1) is 0 Å². The van der Waals surface area contributed by atoms with E-state index >= 15 is 0 Å². The highest BCUT2D eigenvalue weighted by Crippen LogP contribution is 2.17. The van der Waals surface area contributed by atoms with E-state index in [1.165, 1.54) is 231 Å². The molecule has 0 saturated heterocycles. The Kier molecular flexibility index (Phi) is 43.9. The zero-order valence-electron chi connectivity index (χ0n) is 28.1. The van der Waals surface area contributed by atoms with E-state index in [9.17, 15) is 0 Å². The molecule has 0 atom stereocenters. The van der Waals surface area contributed by atoms with Crippen LogP contribution in [0.15, 0.2) is 0 Å². The smallest absolute Gasteiger partial charge is 0.00773 e. The maximum absolute atomic E-state index is 5.55. The summed E-state index contributed by atoms with van der Waals surface area (Å²) in [5, 5.41) is 0. The Balaban J connectivity index is 0. The summed E-state index contributed by atoms with van der Waals surface area (Å²) in [7, 11) is 0. The normalized spacial score (nSPS) is 11.2. The van der Waals surface area contributed by atoms with Crippen molar-refractivity contribution < 1.29 is 0 Å². The third-order valence-corrected chi connectivity index (χ3v) is 9.06. The molecule has 2 N–H and O–H groups in total. The first-order valence-electron chi connectivity index (χ1n) is 19.1. The Morgan fingerprint density at radius 2 is 0.350 bits per heavy atom. The van der Waals surface area contributed by atoms with Crippen molar-refractivity contribution in [1.82, 2.24) is 0 Å². The van der Waals surface area contributed by atoms with Crippen LogP contribution >= 0.6 is 12.4 Å². The van der Waals surface area contributed by atoms with Crippen molar-refractivity contribution in [2.75, 3.05) is 6.54 Å². The molecule has 0 aromatic rings. The van der Waals surface area contributed by atoms with Crippen LogP contribution < -0.4 is 5.73 Å². The molecule has 2 heteroatoms. The minimum atomic E-state index is 0. The molecule has 40 heavy (non-hydrogen) atoms. The summed E-state index contributed by atoms with van der Waals surface area (Å²) in [5.74, 6) is 0. The lowest BCUT2D eigenvalue weighted by Gasteiger charge is -2.05. The van der Waals surface area contributed by atoms with E-state index in [1.54, 1.807) is 0 Å². The molecule has 0 aliphatic carbocycles. The van der Waals surface area contributed by atoms with E-state index in [-0.39, 0.29) is 12.4 Å². The quantitative estimate of drug-likeness (QED) is 0.0726. The van der Waals surface area contributed by atoms with Crippen molar-refractivity contribution in [3.8, 4) is 0 Å². The van der Waals surface area contributed by atoms with E-state index in [2.05, 4.69) is 6.92 Å². The van der Waals surface area contributed by atoms with Crippen LogP contribution in [0.4, 0.5) is 0 Å². The molecule has 0 unspecified atom stereocenters. The van der Waals surface area contributed by atoms with Gasteiger partial charge in [-0.25, -0.2) is 0 Å². The van der Waals surface area contributed by atoms with Gasteiger partial charge < -0.3 is 5.73 Å². The zero-order chi connectivity index (χ0) is 28.2. The van der Waals surface area contributed by atoms with Crippen molar-refractivity contribution in [2.45, 2.75) is 238 Å². The average Bonchev–Trinajstić information content (AvgIpc) is 2.95. The van der Waals surface area contributed by atoms with Gasteiger partial charge >= 0.3 is 0 Å². The van der Waals surface area contributed by atoms with Gasteiger partial charge in [0.2, 0.25) is 0 Å². The molecule has 0 amide bonds. The molecular formula is C38H80ClN. The standard InChI is InChI=1S/C38H79N.ClH/c1-2-3-4-5-6-7-8-9-10-11-12-13-14-15-16-17-18-19-20-21-22-23-24-25-26-27-28-29-30-31-32-33-34-35-36-37-38-39;/h2-39H2,1H3;1H. The second-order valence-electron chi connectivity index (χ2n) is 13.2. The van der Waals surface area contributed by atoms with Crippen molar-refractivity contribution in [1.29, 1.82) is 0 Å². The fourth-order valence-corrected chi connectivity index (χ4v) is 6.23. The predicted molar refractivity (Wildman–Crippen MR) is 188 cm³/mol. The van der Waals surface area contributed by atoms with Gasteiger partial charge in [0.25, 0.3) is 0 Å². The first-order chi connectivity index (χ1) is 19.4. The molecule has 0 fully saturated rings. The average molecular weight is 587 g/mol. The first-order valence-corrected chi connectivity index (χ1v) is 19.1. The van der Waals surface area contributed by atoms with E-state index in [4.69, 9.17) is 5.73 Å². The maximum atomic E-state index is 5.55. The SMILES string of the molecule is CCCCCCCCCCCCCCCCCCCCCCCCCCCCCCCCCCCCCCN.Cl. The third kappa shape index (κ3) is 40.4. The summed E-state index contributed by atoms with van der Waals surface area (Å²) >= 11 is 0. The summed E-state index contributed by atoms with van der Waals surface area (Å²) < 4.78 is 0. The molecule has 0 aliphatic heterocycles. The second-order valence-corrected chi connectivity index (χ2v) is 13.2. The molecule has 1 nitrogen and oxygen atoms in total. The van der Waals surface area contributed by atoms with E-state index in [0.717, 1.165) is 6.54 Å². The Morgan fingerprint density at radius 3 is 0.475 bits per heavy atom. The molecule has 0 heterocycles. The Labute approximate surface area is 262 Å². The van der Waals surface area contributed by atoms with Gasteiger partial charge in [0.15, 0.2) is 0 Å². The van der Waals surface area contributed by atoms with Crippen LogP contribution in [-0.4, -0.2) is 6.54 Å².